The van der Waals surface area contributed by atoms with E-state index >= 15 is 0 Å². The molecule has 96 valence electrons. The molecule has 0 amide bonds. The number of aliphatic hydroxyl groups excluding tert-OH is 1. The summed E-state index contributed by atoms with van der Waals surface area (Å²) in [6.07, 6.45) is 0.699. The maximum absolute atomic E-state index is 13.5. The van der Waals surface area contributed by atoms with Gasteiger partial charge in [-0.2, -0.15) is 0 Å². The quantitative estimate of drug-likeness (QED) is 0.765. The molecule has 2 aromatic heterocycles. The van der Waals surface area contributed by atoms with E-state index in [2.05, 4.69) is 4.98 Å². The number of halogens is 1. The van der Waals surface area contributed by atoms with Crippen molar-refractivity contribution >= 4 is 11.0 Å². The van der Waals surface area contributed by atoms with Crippen LogP contribution in [0, 0.1) is 12.7 Å². The lowest BCUT2D eigenvalue weighted by atomic mass is 10.1. The Bertz CT molecular complexity index is 736. The van der Waals surface area contributed by atoms with E-state index in [9.17, 15) is 9.50 Å². The summed E-state index contributed by atoms with van der Waals surface area (Å²) < 4.78 is 19.0. The van der Waals surface area contributed by atoms with Crippen molar-refractivity contribution in [2.24, 2.45) is 0 Å². The third kappa shape index (κ3) is 2.11. The number of fused-ring (bicyclic) bond motifs is 1. The fourth-order valence-electron chi connectivity index (χ4n) is 2.08. The van der Waals surface area contributed by atoms with Gasteiger partial charge in [0.2, 0.25) is 0 Å². The molecule has 3 rings (SSSR count). The lowest BCUT2D eigenvalue weighted by molar-refractivity contribution is 0.191. The normalized spacial score (nSPS) is 12.8. The topological polar surface area (TPSA) is 46.3 Å². The highest BCUT2D eigenvalue weighted by molar-refractivity contribution is 5.78. The first-order valence-electron chi connectivity index (χ1n) is 5.94. The Morgan fingerprint density at radius 1 is 1.26 bits per heavy atom. The van der Waals surface area contributed by atoms with E-state index in [4.69, 9.17) is 4.42 Å². The molecule has 0 fully saturated rings. The van der Waals surface area contributed by atoms with Crippen LogP contribution in [0.15, 0.2) is 47.0 Å². The summed E-state index contributed by atoms with van der Waals surface area (Å²) in [5, 5.41) is 10.9. The number of pyridine rings is 1. The molecular formula is C15H12FNO2. The van der Waals surface area contributed by atoms with Gasteiger partial charge in [-0.25, -0.2) is 4.39 Å². The molecule has 0 aliphatic heterocycles. The van der Waals surface area contributed by atoms with Gasteiger partial charge in [0.1, 0.15) is 11.9 Å². The van der Waals surface area contributed by atoms with Crippen LogP contribution in [0.5, 0.6) is 0 Å². The third-order valence-corrected chi connectivity index (χ3v) is 3.02. The monoisotopic (exact) mass is 257 g/mol. The van der Waals surface area contributed by atoms with Gasteiger partial charge in [-0.15, -0.1) is 0 Å². The van der Waals surface area contributed by atoms with E-state index in [0.717, 1.165) is 5.69 Å². The Kier molecular flexibility index (Phi) is 2.80. The van der Waals surface area contributed by atoms with E-state index in [1.807, 2.05) is 6.92 Å². The minimum Gasteiger partial charge on any atom is -0.455 e. The van der Waals surface area contributed by atoms with Crippen molar-refractivity contribution < 1.29 is 13.9 Å². The summed E-state index contributed by atoms with van der Waals surface area (Å²) in [4.78, 5) is 4.07. The number of nitrogens with zero attached hydrogens (tertiary/aromatic N) is 1. The van der Waals surface area contributed by atoms with E-state index < -0.39 is 11.9 Å². The molecule has 1 N–H and O–H groups in total. The summed E-state index contributed by atoms with van der Waals surface area (Å²) in [5.41, 5.74) is 1.65. The van der Waals surface area contributed by atoms with Gasteiger partial charge in [0.05, 0.1) is 0 Å². The molecule has 3 aromatic rings. The van der Waals surface area contributed by atoms with Crippen LogP contribution >= 0.6 is 0 Å². The van der Waals surface area contributed by atoms with Crippen molar-refractivity contribution in [3.63, 3.8) is 0 Å². The van der Waals surface area contributed by atoms with Crippen LogP contribution < -0.4 is 0 Å². The minimum atomic E-state index is -0.923. The van der Waals surface area contributed by atoms with Crippen LogP contribution in [-0.4, -0.2) is 10.1 Å². The Morgan fingerprint density at radius 3 is 2.84 bits per heavy atom. The predicted octanol–water partition coefficient (Wildman–Crippen LogP) is 3.36. The van der Waals surface area contributed by atoms with E-state index in [0.29, 0.717) is 16.7 Å². The van der Waals surface area contributed by atoms with Gasteiger partial charge in [-0.05, 0) is 36.8 Å². The first kappa shape index (κ1) is 11.9. The molecule has 0 bridgehead atoms. The van der Waals surface area contributed by atoms with Gasteiger partial charge < -0.3 is 9.52 Å². The maximum atomic E-state index is 13.5. The van der Waals surface area contributed by atoms with Crippen molar-refractivity contribution in [3.8, 4) is 0 Å². The number of aliphatic hydroxyl groups is 1. The number of benzene rings is 1. The highest BCUT2D eigenvalue weighted by Crippen LogP contribution is 2.29. The molecule has 0 aliphatic rings. The standard InChI is InChI=1S/C15H12FNO2/c1-9-7-10(5-6-17-9)14(18)13-8-11-3-2-4-12(16)15(11)19-13/h2-8,14,18H,1H3. The summed E-state index contributed by atoms with van der Waals surface area (Å²) in [5.74, 6) is -0.104. The number of para-hydroxylation sites is 1. The first-order valence-corrected chi connectivity index (χ1v) is 5.94. The molecule has 0 saturated heterocycles. The van der Waals surface area contributed by atoms with Gasteiger partial charge in [0.15, 0.2) is 11.4 Å². The Labute approximate surface area is 109 Å². The largest absolute Gasteiger partial charge is 0.455 e. The molecule has 0 radical (unpaired) electrons. The molecule has 0 aliphatic carbocycles. The highest BCUT2D eigenvalue weighted by Gasteiger charge is 2.17. The second-order valence-electron chi connectivity index (χ2n) is 4.44. The number of rotatable bonds is 2. The maximum Gasteiger partial charge on any atom is 0.170 e. The lowest BCUT2D eigenvalue weighted by Gasteiger charge is -2.07. The van der Waals surface area contributed by atoms with Gasteiger partial charge in [-0.1, -0.05) is 12.1 Å². The fraction of sp³-hybridized carbons (Fsp3) is 0.133. The highest BCUT2D eigenvalue weighted by atomic mass is 19.1. The lowest BCUT2D eigenvalue weighted by Crippen LogP contribution is -1.98. The van der Waals surface area contributed by atoms with Gasteiger partial charge in [-0.3, -0.25) is 4.98 Å². The number of hydrogen-bond donors (Lipinski definition) is 1. The van der Waals surface area contributed by atoms with Crippen LogP contribution in [0.1, 0.15) is 23.1 Å². The summed E-state index contributed by atoms with van der Waals surface area (Å²) >= 11 is 0. The van der Waals surface area contributed by atoms with E-state index in [1.165, 1.54) is 6.07 Å². The van der Waals surface area contributed by atoms with E-state index in [-0.39, 0.29) is 5.58 Å². The Morgan fingerprint density at radius 2 is 2.11 bits per heavy atom. The first-order chi connectivity index (χ1) is 9.15. The predicted molar refractivity (Wildman–Crippen MR) is 69.2 cm³/mol. The number of aromatic nitrogens is 1. The van der Waals surface area contributed by atoms with Gasteiger partial charge >= 0.3 is 0 Å². The zero-order valence-electron chi connectivity index (χ0n) is 10.3. The fourth-order valence-corrected chi connectivity index (χ4v) is 2.08. The van der Waals surface area contributed by atoms with Crippen LogP contribution in [0.2, 0.25) is 0 Å². The molecule has 0 spiro atoms. The third-order valence-electron chi connectivity index (χ3n) is 3.02. The average Bonchev–Trinajstić information content (AvgIpc) is 2.83. The molecule has 19 heavy (non-hydrogen) atoms. The van der Waals surface area contributed by atoms with Crippen LogP contribution in [0.25, 0.3) is 11.0 Å². The molecule has 1 atom stereocenters. The van der Waals surface area contributed by atoms with Crippen molar-refractivity contribution in [1.82, 2.24) is 4.98 Å². The van der Waals surface area contributed by atoms with Crippen molar-refractivity contribution in [2.45, 2.75) is 13.0 Å². The molecule has 2 heterocycles. The zero-order valence-corrected chi connectivity index (χ0v) is 10.3. The second-order valence-corrected chi connectivity index (χ2v) is 4.44. The molecular weight excluding hydrogens is 245 g/mol. The van der Waals surface area contributed by atoms with Crippen molar-refractivity contribution in [2.75, 3.05) is 0 Å². The van der Waals surface area contributed by atoms with Gasteiger partial charge in [0.25, 0.3) is 0 Å². The molecule has 1 unspecified atom stereocenters. The SMILES string of the molecule is Cc1cc(C(O)c2cc3cccc(F)c3o2)ccn1. The summed E-state index contributed by atoms with van der Waals surface area (Å²) in [7, 11) is 0. The summed E-state index contributed by atoms with van der Waals surface area (Å²) in [6.45, 7) is 1.84. The Hall–Kier alpha value is -2.20. The molecule has 1 aromatic carbocycles. The van der Waals surface area contributed by atoms with E-state index in [1.54, 1.807) is 36.5 Å². The molecule has 4 heteroatoms. The number of aryl methyl sites for hydroxylation is 1. The Balaban J connectivity index is 2.06. The smallest absolute Gasteiger partial charge is 0.170 e. The van der Waals surface area contributed by atoms with Crippen molar-refractivity contribution in [1.29, 1.82) is 0 Å². The van der Waals surface area contributed by atoms with Crippen LogP contribution in [0.3, 0.4) is 0 Å². The van der Waals surface area contributed by atoms with Gasteiger partial charge in [0, 0.05) is 17.3 Å². The average molecular weight is 257 g/mol. The number of hydrogen-bond acceptors (Lipinski definition) is 3. The number of furan rings is 1. The second kappa shape index (κ2) is 4.48. The minimum absolute atomic E-state index is 0.169. The summed E-state index contributed by atoms with van der Waals surface area (Å²) in [6, 6.07) is 9.82. The molecule has 0 saturated carbocycles. The van der Waals surface area contributed by atoms with Crippen LogP contribution in [0.4, 0.5) is 4.39 Å². The van der Waals surface area contributed by atoms with Crippen molar-refractivity contribution in [3.05, 3.63) is 65.4 Å². The zero-order chi connectivity index (χ0) is 13.4. The van der Waals surface area contributed by atoms with Crippen LogP contribution in [-0.2, 0) is 0 Å². The molecule has 3 nitrogen and oxygen atoms in total.